The summed E-state index contributed by atoms with van der Waals surface area (Å²) >= 11 is 1.21. The zero-order chi connectivity index (χ0) is 33.5. The highest BCUT2D eigenvalue weighted by Gasteiger charge is 2.51. The molecule has 4 aromatic rings. The minimum absolute atomic E-state index is 0.280. The molecule has 2 heterocycles. The van der Waals surface area contributed by atoms with Crippen molar-refractivity contribution < 1.29 is 42.9 Å². The van der Waals surface area contributed by atoms with Crippen molar-refractivity contribution in [3.05, 3.63) is 66.7 Å². The summed E-state index contributed by atoms with van der Waals surface area (Å²) in [6, 6.07) is 20.8. The molecule has 1 aliphatic rings. The number of aryl methyl sites for hydroxylation is 1. The van der Waals surface area contributed by atoms with Gasteiger partial charge in [-0.05, 0) is 41.5 Å². The fraction of sp³-hybridized carbons (Fsp3) is 0.382. The van der Waals surface area contributed by atoms with Crippen LogP contribution in [-0.4, -0.2) is 76.4 Å². The molecule has 0 bridgehead atoms. The predicted octanol–water partition coefficient (Wildman–Crippen LogP) is 4.41. The Bertz CT molecular complexity index is 1760. The van der Waals surface area contributed by atoms with E-state index in [0.717, 1.165) is 27.6 Å². The van der Waals surface area contributed by atoms with Gasteiger partial charge in [0.1, 0.15) is 29.9 Å². The highest BCUT2D eigenvalue weighted by Crippen LogP contribution is 2.37. The van der Waals surface area contributed by atoms with E-state index in [0.29, 0.717) is 24.7 Å². The molecule has 1 fully saturated rings. The van der Waals surface area contributed by atoms with E-state index in [1.165, 1.54) is 39.5 Å². The van der Waals surface area contributed by atoms with Gasteiger partial charge in [0.2, 0.25) is 5.91 Å². The van der Waals surface area contributed by atoms with Crippen LogP contribution >= 0.6 is 11.8 Å². The molecule has 0 unspecified atom stereocenters. The number of carbonyl (C=O) groups is 4. The minimum Gasteiger partial charge on any atom is -0.494 e. The van der Waals surface area contributed by atoms with Crippen LogP contribution in [0, 0.1) is 0 Å². The number of para-hydroxylation sites is 2. The number of fused-ring (bicyclic) bond motifs is 2. The summed E-state index contributed by atoms with van der Waals surface area (Å²) in [6.45, 7) is 5.70. The molecule has 248 valence electrons. The molecule has 1 N–H and O–H groups in total. The first-order chi connectivity index (χ1) is 22.6. The lowest BCUT2D eigenvalue weighted by Crippen LogP contribution is -2.65. The van der Waals surface area contributed by atoms with E-state index in [4.69, 9.17) is 28.7 Å². The maximum Gasteiger partial charge on any atom is 0.303 e. The van der Waals surface area contributed by atoms with Gasteiger partial charge in [-0.2, -0.15) is 0 Å². The van der Waals surface area contributed by atoms with E-state index in [9.17, 15) is 19.2 Å². The Morgan fingerprint density at radius 3 is 2.30 bits per heavy atom. The maximum absolute atomic E-state index is 12.4. The van der Waals surface area contributed by atoms with Gasteiger partial charge in [0.05, 0.1) is 17.6 Å². The fourth-order valence-electron chi connectivity index (χ4n) is 5.52. The van der Waals surface area contributed by atoms with Gasteiger partial charge in [-0.15, -0.1) is 0 Å². The molecule has 3 aromatic carbocycles. The number of imidazole rings is 1. The lowest BCUT2D eigenvalue weighted by molar-refractivity contribution is -0.211. The molecule has 0 saturated carbocycles. The summed E-state index contributed by atoms with van der Waals surface area (Å²) < 4.78 is 30.9. The number of nitrogens with one attached hydrogen (secondary N) is 1. The zero-order valence-electron chi connectivity index (χ0n) is 26.5. The van der Waals surface area contributed by atoms with Crippen molar-refractivity contribution in [2.75, 3.05) is 13.2 Å². The van der Waals surface area contributed by atoms with Crippen LogP contribution in [0.1, 0.15) is 34.1 Å². The summed E-state index contributed by atoms with van der Waals surface area (Å²) in [5.41, 5.74) is 0.751. The predicted molar refractivity (Wildman–Crippen MR) is 174 cm³/mol. The van der Waals surface area contributed by atoms with Crippen molar-refractivity contribution in [1.29, 1.82) is 0 Å². The Balaban J connectivity index is 1.41. The lowest BCUT2D eigenvalue weighted by Gasteiger charge is -2.44. The minimum atomic E-state index is -1.17. The van der Waals surface area contributed by atoms with Gasteiger partial charge in [0, 0.05) is 34.2 Å². The van der Waals surface area contributed by atoms with Crippen molar-refractivity contribution in [2.24, 2.45) is 0 Å². The summed E-state index contributed by atoms with van der Waals surface area (Å²) in [6.07, 6.45) is -2.68. The molecule has 5 rings (SSSR count). The molecule has 13 heteroatoms. The van der Waals surface area contributed by atoms with Crippen LogP contribution in [0.3, 0.4) is 0 Å². The number of aromatic nitrogens is 2. The Morgan fingerprint density at radius 2 is 1.57 bits per heavy atom. The highest BCUT2D eigenvalue weighted by atomic mass is 32.2. The quantitative estimate of drug-likeness (QED) is 0.131. The second-order valence-electron chi connectivity index (χ2n) is 11.1. The molecule has 0 radical (unpaired) electrons. The van der Waals surface area contributed by atoms with Crippen LogP contribution < -0.4 is 10.1 Å². The molecular weight excluding hydrogens is 626 g/mol. The van der Waals surface area contributed by atoms with E-state index in [1.54, 1.807) is 0 Å². The highest BCUT2D eigenvalue weighted by molar-refractivity contribution is 7.99. The van der Waals surface area contributed by atoms with Crippen LogP contribution in [0.15, 0.2) is 71.9 Å². The van der Waals surface area contributed by atoms with E-state index in [-0.39, 0.29) is 6.61 Å². The Morgan fingerprint density at radius 1 is 0.872 bits per heavy atom. The summed E-state index contributed by atoms with van der Waals surface area (Å²) in [5, 5.41) is 5.63. The van der Waals surface area contributed by atoms with Crippen LogP contribution in [0.25, 0.3) is 21.8 Å². The summed E-state index contributed by atoms with van der Waals surface area (Å²) in [7, 11) is 0. The van der Waals surface area contributed by atoms with E-state index in [1.807, 2.05) is 65.2 Å². The first-order valence-electron chi connectivity index (χ1n) is 15.2. The van der Waals surface area contributed by atoms with Crippen molar-refractivity contribution >= 4 is 57.4 Å². The third-order valence-corrected chi connectivity index (χ3v) is 8.59. The second-order valence-corrected chi connectivity index (χ2v) is 12.1. The molecule has 1 aromatic heterocycles. The number of hydrogen-bond donors (Lipinski definition) is 1. The van der Waals surface area contributed by atoms with Gasteiger partial charge in [-0.25, -0.2) is 4.98 Å². The van der Waals surface area contributed by atoms with E-state index in [2.05, 4.69) is 11.4 Å². The molecule has 47 heavy (non-hydrogen) atoms. The molecule has 0 spiro atoms. The largest absolute Gasteiger partial charge is 0.494 e. The number of esters is 3. The summed E-state index contributed by atoms with van der Waals surface area (Å²) in [4.78, 5) is 53.4. The van der Waals surface area contributed by atoms with Crippen molar-refractivity contribution in [3.8, 4) is 5.75 Å². The van der Waals surface area contributed by atoms with Gasteiger partial charge in [-0.1, -0.05) is 54.2 Å². The van der Waals surface area contributed by atoms with Gasteiger partial charge < -0.3 is 33.6 Å². The normalized spacial score (nSPS) is 20.8. The lowest BCUT2D eigenvalue weighted by atomic mass is 9.97. The number of carbonyl (C=O) groups excluding carboxylic acids is 4. The van der Waals surface area contributed by atoms with E-state index >= 15 is 0 Å². The standard InChI is InChI=1S/C34H37N3O9S/c1-20(38)35-30-32(45-23(4)41)31(44-22(3)40)29(19-43-21(2)39)46-33(30)47-34-36-27-12-7-8-13-28(27)37(34)16-9-17-42-26-15-14-24-10-5-6-11-25(24)18-26/h5-8,10-15,18,29-33H,9,16-17,19H2,1-4H3,(H,35,38)/t29-,30+,31+,32-,33+/m0/s1. The number of thioether (sulfide) groups is 1. The average molecular weight is 664 g/mol. The number of ether oxygens (including phenoxy) is 5. The molecule has 12 nitrogen and oxygen atoms in total. The van der Waals surface area contributed by atoms with E-state index < -0.39 is 53.6 Å². The Kier molecular flexibility index (Phi) is 11.0. The molecule has 0 aliphatic carbocycles. The fourth-order valence-corrected chi connectivity index (χ4v) is 6.77. The monoisotopic (exact) mass is 663 g/mol. The third kappa shape index (κ3) is 8.60. The molecule has 5 atom stereocenters. The molecule has 1 saturated heterocycles. The first kappa shape index (κ1) is 33.7. The zero-order valence-corrected chi connectivity index (χ0v) is 27.4. The van der Waals surface area contributed by atoms with Crippen molar-refractivity contribution in [3.63, 3.8) is 0 Å². The number of hydrogen-bond acceptors (Lipinski definition) is 11. The molecular formula is C34H37N3O9S. The Hall–Kier alpha value is -4.62. The van der Waals surface area contributed by atoms with Gasteiger partial charge in [0.25, 0.3) is 0 Å². The van der Waals surface area contributed by atoms with Gasteiger partial charge in [-0.3, -0.25) is 19.2 Å². The van der Waals surface area contributed by atoms with Crippen LogP contribution in [-0.2, 0) is 44.7 Å². The third-order valence-electron chi connectivity index (χ3n) is 7.43. The molecule has 1 amide bonds. The van der Waals surface area contributed by atoms with Crippen molar-refractivity contribution in [1.82, 2.24) is 14.9 Å². The first-order valence-corrected chi connectivity index (χ1v) is 16.1. The van der Waals surface area contributed by atoms with Crippen LogP contribution in [0.5, 0.6) is 5.75 Å². The van der Waals surface area contributed by atoms with Crippen LogP contribution in [0.2, 0.25) is 0 Å². The number of amides is 1. The van der Waals surface area contributed by atoms with Crippen molar-refractivity contribution in [2.45, 2.75) is 75.6 Å². The SMILES string of the molecule is CC(=O)N[C@@H]1[C@H](OC(C)=O)[C@H](OC(C)=O)[C@H](COC(C)=O)O[C@@H]1Sc1nc2ccccc2n1CCCOc1ccc2ccccc2c1. The van der Waals surface area contributed by atoms with Crippen LogP contribution in [0.4, 0.5) is 0 Å². The van der Waals surface area contributed by atoms with Gasteiger partial charge in [0.15, 0.2) is 17.4 Å². The number of benzene rings is 3. The molecule has 1 aliphatic heterocycles. The topological polar surface area (TPSA) is 144 Å². The smallest absolute Gasteiger partial charge is 0.303 e. The van der Waals surface area contributed by atoms with Gasteiger partial charge >= 0.3 is 17.9 Å². The average Bonchev–Trinajstić information content (AvgIpc) is 3.37. The maximum atomic E-state index is 12.4. The Labute approximate surface area is 276 Å². The second kappa shape index (κ2) is 15.3. The number of rotatable bonds is 12. The summed E-state index contributed by atoms with van der Waals surface area (Å²) in [5.74, 6) is -1.52. The number of nitrogens with zero attached hydrogens (tertiary/aromatic N) is 2.